The molecular weight excluding hydrogens is 232 g/mol. The molecule has 16 heavy (non-hydrogen) atoms. The molecule has 0 spiro atoms. The summed E-state index contributed by atoms with van der Waals surface area (Å²) in [6, 6.07) is 5.00. The van der Waals surface area contributed by atoms with E-state index in [2.05, 4.69) is 0 Å². The summed E-state index contributed by atoms with van der Waals surface area (Å²) >= 11 is 1.06. The fourth-order valence-corrected chi connectivity index (χ4v) is 2.12. The third-order valence-corrected chi connectivity index (χ3v) is 3.04. The Morgan fingerprint density at radius 2 is 1.88 bits per heavy atom. The van der Waals surface area contributed by atoms with Gasteiger partial charge in [0.05, 0.1) is 10.4 Å². The van der Waals surface area contributed by atoms with Crippen LogP contribution in [0.1, 0.15) is 9.67 Å². The first-order valence-corrected chi connectivity index (χ1v) is 5.30. The van der Waals surface area contributed by atoms with E-state index in [1.165, 1.54) is 29.6 Å². The van der Waals surface area contributed by atoms with E-state index < -0.39 is 17.5 Å². The molecule has 0 aliphatic carbocycles. The number of benzene rings is 1. The number of carbonyl (C=O) groups excluding carboxylic acids is 1. The van der Waals surface area contributed by atoms with Crippen molar-refractivity contribution >= 4 is 17.2 Å². The maximum atomic E-state index is 13.4. The highest BCUT2D eigenvalue weighted by Crippen LogP contribution is 2.29. The number of halogens is 2. The predicted octanol–water partition coefficient (Wildman–Crippen LogP) is 2.79. The maximum Gasteiger partial charge on any atom is 0.258 e. The summed E-state index contributed by atoms with van der Waals surface area (Å²) in [7, 11) is 0. The van der Waals surface area contributed by atoms with Crippen molar-refractivity contribution in [1.82, 2.24) is 0 Å². The van der Waals surface area contributed by atoms with Crippen LogP contribution in [0.4, 0.5) is 8.78 Å². The lowest BCUT2D eigenvalue weighted by atomic mass is 10.1. The summed E-state index contributed by atoms with van der Waals surface area (Å²) in [5.74, 6) is -1.92. The van der Waals surface area contributed by atoms with Crippen LogP contribution in [0, 0.1) is 11.6 Å². The lowest BCUT2D eigenvalue weighted by molar-refractivity contribution is 0.100. The van der Waals surface area contributed by atoms with Crippen LogP contribution >= 0.6 is 11.3 Å². The van der Waals surface area contributed by atoms with Gasteiger partial charge in [-0.1, -0.05) is 6.07 Å². The summed E-state index contributed by atoms with van der Waals surface area (Å²) in [5, 5.41) is 1.50. The van der Waals surface area contributed by atoms with Gasteiger partial charge >= 0.3 is 0 Å². The van der Waals surface area contributed by atoms with Crippen molar-refractivity contribution < 1.29 is 13.6 Å². The number of thiophene rings is 1. The van der Waals surface area contributed by atoms with Gasteiger partial charge in [-0.15, -0.1) is 11.3 Å². The standard InChI is InChI=1S/C11H7F2NOS/c12-7-2-1-3-8(13)10(7)6-4-9(11(14)15)16-5-6/h1-5H,(H2,14,15). The molecular formula is C11H7F2NOS. The minimum Gasteiger partial charge on any atom is -0.365 e. The second-order valence-corrected chi connectivity index (χ2v) is 4.07. The van der Waals surface area contributed by atoms with Gasteiger partial charge in [-0.25, -0.2) is 8.78 Å². The van der Waals surface area contributed by atoms with Crippen LogP contribution < -0.4 is 5.73 Å². The molecule has 0 saturated carbocycles. The Kier molecular flexibility index (Phi) is 2.70. The molecule has 1 aromatic heterocycles. The van der Waals surface area contributed by atoms with E-state index in [0.29, 0.717) is 5.56 Å². The molecule has 0 radical (unpaired) electrons. The molecule has 2 N–H and O–H groups in total. The Morgan fingerprint density at radius 3 is 2.38 bits per heavy atom. The van der Waals surface area contributed by atoms with Crippen LogP contribution in [0.3, 0.4) is 0 Å². The Labute approximate surface area is 94.3 Å². The zero-order chi connectivity index (χ0) is 11.7. The Balaban J connectivity index is 2.54. The average molecular weight is 239 g/mol. The van der Waals surface area contributed by atoms with Crippen molar-refractivity contribution in [1.29, 1.82) is 0 Å². The van der Waals surface area contributed by atoms with Gasteiger partial charge in [-0.3, -0.25) is 4.79 Å². The van der Waals surface area contributed by atoms with Crippen LogP contribution in [0.2, 0.25) is 0 Å². The largest absolute Gasteiger partial charge is 0.365 e. The first kappa shape index (κ1) is 10.8. The highest BCUT2D eigenvalue weighted by molar-refractivity contribution is 7.12. The van der Waals surface area contributed by atoms with E-state index in [0.717, 1.165) is 11.3 Å². The topological polar surface area (TPSA) is 43.1 Å². The monoisotopic (exact) mass is 239 g/mol. The van der Waals surface area contributed by atoms with Crippen molar-refractivity contribution in [2.45, 2.75) is 0 Å². The van der Waals surface area contributed by atoms with Crippen molar-refractivity contribution in [2.75, 3.05) is 0 Å². The molecule has 82 valence electrons. The second-order valence-electron chi connectivity index (χ2n) is 3.16. The lowest BCUT2D eigenvalue weighted by Crippen LogP contribution is -2.08. The van der Waals surface area contributed by atoms with E-state index in [9.17, 15) is 13.6 Å². The Morgan fingerprint density at radius 1 is 1.25 bits per heavy atom. The van der Waals surface area contributed by atoms with Gasteiger partial charge in [0.1, 0.15) is 11.6 Å². The highest BCUT2D eigenvalue weighted by Gasteiger charge is 2.14. The molecule has 1 aromatic carbocycles. The number of hydrogen-bond donors (Lipinski definition) is 1. The second kappa shape index (κ2) is 4.02. The third-order valence-electron chi connectivity index (χ3n) is 2.09. The number of nitrogens with two attached hydrogens (primary N) is 1. The number of amides is 1. The first-order valence-electron chi connectivity index (χ1n) is 4.42. The highest BCUT2D eigenvalue weighted by atomic mass is 32.1. The Bertz CT molecular complexity index is 530. The van der Waals surface area contributed by atoms with Gasteiger partial charge in [0.2, 0.25) is 0 Å². The van der Waals surface area contributed by atoms with Gasteiger partial charge in [0.25, 0.3) is 5.91 Å². The molecule has 2 nitrogen and oxygen atoms in total. The van der Waals surface area contributed by atoms with Gasteiger partial charge in [0.15, 0.2) is 0 Å². The maximum absolute atomic E-state index is 13.4. The summed E-state index contributed by atoms with van der Waals surface area (Å²) in [6.07, 6.45) is 0. The van der Waals surface area contributed by atoms with Crippen molar-refractivity contribution in [3.8, 4) is 11.1 Å². The van der Waals surface area contributed by atoms with E-state index in [-0.39, 0.29) is 10.4 Å². The van der Waals surface area contributed by atoms with E-state index in [4.69, 9.17) is 5.73 Å². The van der Waals surface area contributed by atoms with E-state index in [1.807, 2.05) is 0 Å². The minimum atomic E-state index is -0.658. The molecule has 2 aromatic rings. The van der Waals surface area contributed by atoms with Gasteiger partial charge < -0.3 is 5.73 Å². The van der Waals surface area contributed by atoms with Gasteiger partial charge in [-0.2, -0.15) is 0 Å². The normalized spacial score (nSPS) is 10.4. The summed E-state index contributed by atoms with van der Waals surface area (Å²) in [4.78, 5) is 11.1. The van der Waals surface area contributed by atoms with Crippen LogP contribution in [-0.4, -0.2) is 5.91 Å². The zero-order valence-corrected chi connectivity index (χ0v) is 8.85. The van der Waals surface area contributed by atoms with Crippen molar-refractivity contribution in [2.24, 2.45) is 5.73 Å². The molecule has 1 heterocycles. The molecule has 0 saturated heterocycles. The van der Waals surface area contributed by atoms with Crippen LogP contribution in [0.15, 0.2) is 29.6 Å². The van der Waals surface area contributed by atoms with Gasteiger partial charge in [-0.05, 0) is 29.1 Å². The average Bonchev–Trinajstić information content (AvgIpc) is 2.66. The number of carbonyl (C=O) groups is 1. The summed E-state index contributed by atoms with van der Waals surface area (Å²) < 4.78 is 26.8. The quantitative estimate of drug-likeness (QED) is 0.860. The Hall–Kier alpha value is -1.75. The van der Waals surface area contributed by atoms with E-state index in [1.54, 1.807) is 0 Å². The molecule has 1 amide bonds. The molecule has 0 fully saturated rings. The molecule has 0 bridgehead atoms. The van der Waals surface area contributed by atoms with Crippen LogP contribution in [0.25, 0.3) is 11.1 Å². The smallest absolute Gasteiger partial charge is 0.258 e. The van der Waals surface area contributed by atoms with Crippen LogP contribution in [0.5, 0.6) is 0 Å². The fourth-order valence-electron chi connectivity index (χ4n) is 1.37. The molecule has 0 atom stereocenters. The molecule has 5 heteroatoms. The molecule has 0 aliphatic heterocycles. The fraction of sp³-hybridized carbons (Fsp3) is 0. The predicted molar refractivity (Wildman–Crippen MR) is 58.2 cm³/mol. The molecule has 2 rings (SSSR count). The summed E-state index contributed by atoms with van der Waals surface area (Å²) in [6.45, 7) is 0. The summed E-state index contributed by atoms with van der Waals surface area (Å²) in [5.41, 5.74) is 5.26. The number of hydrogen-bond acceptors (Lipinski definition) is 2. The number of primary amides is 1. The van der Waals surface area contributed by atoms with E-state index >= 15 is 0 Å². The number of rotatable bonds is 2. The van der Waals surface area contributed by atoms with Gasteiger partial charge in [0, 0.05) is 0 Å². The van der Waals surface area contributed by atoms with Crippen molar-refractivity contribution in [3.63, 3.8) is 0 Å². The first-order chi connectivity index (χ1) is 7.59. The molecule has 0 aliphatic rings. The molecule has 0 unspecified atom stereocenters. The lowest BCUT2D eigenvalue weighted by Gasteiger charge is -2.01. The minimum absolute atomic E-state index is 0.133. The zero-order valence-electron chi connectivity index (χ0n) is 8.04. The SMILES string of the molecule is NC(=O)c1cc(-c2c(F)cccc2F)cs1. The third kappa shape index (κ3) is 1.81. The van der Waals surface area contributed by atoms with Crippen molar-refractivity contribution in [3.05, 3.63) is 46.2 Å². The van der Waals surface area contributed by atoms with Crippen LogP contribution in [-0.2, 0) is 0 Å².